The molecule has 0 unspecified atom stereocenters. The summed E-state index contributed by atoms with van der Waals surface area (Å²) >= 11 is 0. The highest BCUT2D eigenvalue weighted by Gasteiger charge is 1.76. The Hall–Kier alpha value is -0.860. The summed E-state index contributed by atoms with van der Waals surface area (Å²) in [6.07, 6.45) is 3.35. The SMILES string of the molecule is C/C=N\N(C)/C=N/C. The van der Waals surface area contributed by atoms with E-state index in [2.05, 4.69) is 10.1 Å². The van der Waals surface area contributed by atoms with Crippen LogP contribution in [-0.4, -0.2) is 31.7 Å². The number of aliphatic imine (C=N–C) groups is 1. The van der Waals surface area contributed by atoms with Crippen molar-refractivity contribution in [3.8, 4) is 0 Å². The minimum Gasteiger partial charge on any atom is -0.277 e. The Morgan fingerprint density at radius 2 is 2.12 bits per heavy atom. The van der Waals surface area contributed by atoms with Crippen molar-refractivity contribution >= 4 is 12.6 Å². The monoisotopic (exact) mass is 113 g/mol. The number of hydrogen-bond donors (Lipinski definition) is 0. The average molecular weight is 113 g/mol. The second kappa shape index (κ2) is 4.30. The van der Waals surface area contributed by atoms with E-state index in [0.29, 0.717) is 0 Å². The molecule has 0 N–H and O–H groups in total. The van der Waals surface area contributed by atoms with Crippen LogP contribution in [-0.2, 0) is 0 Å². The molecule has 0 spiro atoms. The van der Waals surface area contributed by atoms with Crippen molar-refractivity contribution in [2.45, 2.75) is 6.92 Å². The molecule has 0 saturated heterocycles. The van der Waals surface area contributed by atoms with E-state index in [1.807, 2.05) is 14.0 Å². The van der Waals surface area contributed by atoms with Gasteiger partial charge in [0.25, 0.3) is 0 Å². The fourth-order valence-corrected chi connectivity index (χ4v) is 0.379. The number of rotatable bonds is 2. The molecule has 0 heterocycles. The first-order chi connectivity index (χ1) is 3.81. The molecule has 0 amide bonds. The van der Waals surface area contributed by atoms with Gasteiger partial charge in [0.2, 0.25) is 0 Å². The van der Waals surface area contributed by atoms with E-state index in [1.54, 1.807) is 24.6 Å². The summed E-state index contributed by atoms with van der Waals surface area (Å²) in [5.41, 5.74) is 0. The van der Waals surface area contributed by atoms with Gasteiger partial charge in [0.15, 0.2) is 0 Å². The first-order valence-electron chi connectivity index (χ1n) is 2.45. The zero-order valence-electron chi connectivity index (χ0n) is 5.50. The van der Waals surface area contributed by atoms with Gasteiger partial charge in [0, 0.05) is 20.3 Å². The van der Waals surface area contributed by atoms with Gasteiger partial charge in [-0.3, -0.25) is 10.0 Å². The zero-order valence-corrected chi connectivity index (χ0v) is 5.50. The van der Waals surface area contributed by atoms with Gasteiger partial charge in [-0.1, -0.05) is 0 Å². The minimum atomic E-state index is 1.64. The highest BCUT2D eigenvalue weighted by Crippen LogP contribution is 1.72. The molecule has 0 aliphatic rings. The summed E-state index contributed by atoms with van der Waals surface area (Å²) in [5, 5.41) is 5.51. The molecule has 0 rings (SSSR count). The van der Waals surface area contributed by atoms with Crippen molar-refractivity contribution < 1.29 is 0 Å². The third-order valence-corrected chi connectivity index (χ3v) is 0.580. The van der Waals surface area contributed by atoms with E-state index in [1.165, 1.54) is 0 Å². The van der Waals surface area contributed by atoms with E-state index in [-0.39, 0.29) is 0 Å². The highest BCUT2D eigenvalue weighted by molar-refractivity contribution is 5.58. The summed E-state index contributed by atoms with van der Waals surface area (Å²) in [6, 6.07) is 0. The third kappa shape index (κ3) is 3.33. The van der Waals surface area contributed by atoms with Crippen LogP contribution >= 0.6 is 0 Å². The Bertz CT molecular complexity index is 83.8. The van der Waals surface area contributed by atoms with Crippen molar-refractivity contribution in [1.29, 1.82) is 0 Å². The molecule has 0 aliphatic carbocycles. The predicted octanol–water partition coefficient (Wildman–Crippen LogP) is 0.582. The van der Waals surface area contributed by atoms with Gasteiger partial charge in [-0.15, -0.1) is 0 Å². The van der Waals surface area contributed by atoms with Gasteiger partial charge in [-0.2, -0.15) is 5.10 Å². The number of hydrazone groups is 1. The lowest BCUT2D eigenvalue weighted by Gasteiger charge is -2.00. The Morgan fingerprint density at radius 3 is 2.50 bits per heavy atom. The van der Waals surface area contributed by atoms with E-state index in [9.17, 15) is 0 Å². The second-order valence-electron chi connectivity index (χ2n) is 1.32. The molecule has 0 aromatic carbocycles. The summed E-state index contributed by atoms with van der Waals surface area (Å²) in [7, 11) is 3.54. The van der Waals surface area contributed by atoms with Crippen LogP contribution in [0.2, 0.25) is 0 Å². The first kappa shape index (κ1) is 7.14. The van der Waals surface area contributed by atoms with Gasteiger partial charge >= 0.3 is 0 Å². The summed E-state index contributed by atoms with van der Waals surface area (Å²) < 4.78 is 0. The smallest absolute Gasteiger partial charge is 0.105 e. The lowest BCUT2D eigenvalue weighted by atomic mass is 10.9. The first-order valence-corrected chi connectivity index (χ1v) is 2.45. The third-order valence-electron chi connectivity index (χ3n) is 0.580. The van der Waals surface area contributed by atoms with Crippen molar-refractivity contribution in [2.24, 2.45) is 10.1 Å². The van der Waals surface area contributed by atoms with E-state index < -0.39 is 0 Å². The Kier molecular flexibility index (Phi) is 3.84. The van der Waals surface area contributed by atoms with Gasteiger partial charge < -0.3 is 0 Å². The molecule has 0 radical (unpaired) electrons. The lowest BCUT2D eigenvalue weighted by Crippen LogP contribution is -2.06. The molecule has 0 saturated carbocycles. The Morgan fingerprint density at radius 1 is 1.50 bits per heavy atom. The van der Waals surface area contributed by atoms with Crippen LogP contribution in [0.1, 0.15) is 6.92 Å². The van der Waals surface area contributed by atoms with Crippen molar-refractivity contribution in [1.82, 2.24) is 5.01 Å². The van der Waals surface area contributed by atoms with Gasteiger partial charge in [0.1, 0.15) is 6.34 Å². The van der Waals surface area contributed by atoms with Crippen LogP contribution < -0.4 is 0 Å². The molecule has 3 heteroatoms. The van der Waals surface area contributed by atoms with Crippen molar-refractivity contribution in [3.05, 3.63) is 0 Å². The standard InChI is InChI=1S/C5H11N3/c1-4-7-8(3)5-6-2/h4-5H,1-3H3/b6-5+,7-4-. The molecule has 0 atom stereocenters. The summed E-state index contributed by atoms with van der Waals surface area (Å²) in [6.45, 7) is 1.86. The fraction of sp³-hybridized carbons (Fsp3) is 0.600. The predicted molar refractivity (Wildman–Crippen MR) is 36.3 cm³/mol. The summed E-state index contributed by atoms with van der Waals surface area (Å²) in [4.78, 5) is 3.74. The van der Waals surface area contributed by atoms with Crippen molar-refractivity contribution in [2.75, 3.05) is 14.1 Å². The summed E-state index contributed by atoms with van der Waals surface area (Å²) in [5.74, 6) is 0. The topological polar surface area (TPSA) is 28.0 Å². The number of hydrogen-bond acceptors (Lipinski definition) is 2. The van der Waals surface area contributed by atoms with E-state index in [4.69, 9.17) is 0 Å². The van der Waals surface area contributed by atoms with Crippen LogP contribution in [0.5, 0.6) is 0 Å². The maximum atomic E-state index is 3.87. The number of nitrogens with zero attached hydrogens (tertiary/aromatic N) is 3. The second-order valence-corrected chi connectivity index (χ2v) is 1.32. The molecule has 0 aromatic rings. The normalized spacial score (nSPS) is 11.4. The van der Waals surface area contributed by atoms with Crippen LogP contribution in [0.3, 0.4) is 0 Å². The molecular formula is C5H11N3. The van der Waals surface area contributed by atoms with Crippen LogP contribution in [0.15, 0.2) is 10.1 Å². The Balaban J connectivity index is 3.47. The molecule has 0 aliphatic heterocycles. The van der Waals surface area contributed by atoms with Crippen LogP contribution in [0, 0.1) is 0 Å². The van der Waals surface area contributed by atoms with Crippen LogP contribution in [0.4, 0.5) is 0 Å². The lowest BCUT2D eigenvalue weighted by molar-refractivity contribution is 0.563. The highest BCUT2D eigenvalue weighted by atomic mass is 15.4. The largest absolute Gasteiger partial charge is 0.277 e. The zero-order chi connectivity index (χ0) is 6.41. The molecule has 0 fully saturated rings. The van der Waals surface area contributed by atoms with E-state index in [0.717, 1.165) is 0 Å². The molecule has 8 heavy (non-hydrogen) atoms. The molecule has 0 bridgehead atoms. The van der Waals surface area contributed by atoms with Gasteiger partial charge in [-0.05, 0) is 6.92 Å². The van der Waals surface area contributed by atoms with E-state index >= 15 is 0 Å². The fourth-order valence-electron chi connectivity index (χ4n) is 0.379. The van der Waals surface area contributed by atoms with Gasteiger partial charge in [-0.25, -0.2) is 0 Å². The van der Waals surface area contributed by atoms with Gasteiger partial charge in [0.05, 0.1) is 0 Å². The molecule has 0 aromatic heterocycles. The molecule has 46 valence electrons. The van der Waals surface area contributed by atoms with Crippen LogP contribution in [0.25, 0.3) is 0 Å². The average Bonchev–Trinajstić information content (AvgIpc) is 1.68. The molecular weight excluding hydrogens is 102 g/mol. The van der Waals surface area contributed by atoms with Crippen molar-refractivity contribution in [3.63, 3.8) is 0 Å². The Labute approximate surface area is 49.7 Å². The molecule has 3 nitrogen and oxygen atoms in total. The minimum absolute atomic E-state index is 1.64. The maximum absolute atomic E-state index is 3.87. The maximum Gasteiger partial charge on any atom is 0.105 e. The quantitative estimate of drug-likeness (QED) is 0.292.